The first-order chi connectivity index (χ1) is 12.7. The molecular weight excluding hydrogens is 330 g/mol. The van der Waals surface area contributed by atoms with Crippen molar-refractivity contribution in [3.8, 4) is 17.2 Å². The third-order valence-electron chi connectivity index (χ3n) is 4.58. The number of hydrogen-bond acceptors (Lipinski definition) is 4. The Bertz CT molecular complexity index is 641. The van der Waals surface area contributed by atoms with Crippen LogP contribution >= 0.6 is 0 Å². The lowest BCUT2D eigenvalue weighted by atomic mass is 9.97. The Balaban J connectivity index is 1.91. The van der Waals surface area contributed by atoms with Crippen molar-refractivity contribution in [3.05, 3.63) is 29.3 Å². The molecule has 0 radical (unpaired) electrons. The van der Waals surface area contributed by atoms with Crippen molar-refractivity contribution in [3.63, 3.8) is 0 Å². The van der Waals surface area contributed by atoms with E-state index in [1.807, 2.05) is 12.1 Å². The highest BCUT2D eigenvalue weighted by atomic mass is 16.5. The number of ether oxygens (including phenoxy) is 3. The second-order valence-electron chi connectivity index (χ2n) is 6.23. The molecule has 144 valence electrons. The monoisotopic (exact) mass is 361 g/mol. The summed E-state index contributed by atoms with van der Waals surface area (Å²) in [4.78, 5) is 4.30. The van der Waals surface area contributed by atoms with E-state index in [1.54, 1.807) is 34.0 Å². The van der Waals surface area contributed by atoms with Crippen molar-refractivity contribution in [2.75, 3.05) is 34.9 Å². The zero-order valence-corrected chi connectivity index (χ0v) is 16.4. The van der Waals surface area contributed by atoms with Crippen LogP contribution < -0.4 is 24.8 Å². The molecule has 0 atom stereocenters. The van der Waals surface area contributed by atoms with E-state index in [4.69, 9.17) is 14.2 Å². The number of benzene rings is 1. The molecule has 6 nitrogen and oxygen atoms in total. The van der Waals surface area contributed by atoms with Gasteiger partial charge in [0, 0.05) is 31.8 Å². The number of guanidine groups is 1. The van der Waals surface area contributed by atoms with Crippen LogP contribution in [0.1, 0.15) is 37.7 Å². The Labute approximate surface area is 156 Å². The van der Waals surface area contributed by atoms with E-state index < -0.39 is 0 Å². The van der Waals surface area contributed by atoms with Gasteiger partial charge in [0.2, 0.25) is 0 Å². The summed E-state index contributed by atoms with van der Waals surface area (Å²) in [6.45, 7) is 1.46. The van der Waals surface area contributed by atoms with Gasteiger partial charge in [-0.1, -0.05) is 11.6 Å². The molecule has 2 N–H and O–H groups in total. The fraction of sp³-hybridized carbons (Fsp3) is 0.550. The SMILES string of the molecule is CN=C(NCCC1=CCCCC1)NCc1cc(OC)c(OC)cc1OC. The lowest BCUT2D eigenvalue weighted by Gasteiger charge is -2.17. The third kappa shape index (κ3) is 5.58. The fourth-order valence-electron chi connectivity index (χ4n) is 3.10. The highest BCUT2D eigenvalue weighted by Crippen LogP contribution is 2.34. The first-order valence-corrected chi connectivity index (χ1v) is 9.13. The fourth-order valence-corrected chi connectivity index (χ4v) is 3.10. The van der Waals surface area contributed by atoms with Crippen molar-refractivity contribution in [2.24, 2.45) is 4.99 Å². The van der Waals surface area contributed by atoms with Crippen LogP contribution in [0.2, 0.25) is 0 Å². The van der Waals surface area contributed by atoms with Gasteiger partial charge >= 0.3 is 0 Å². The van der Waals surface area contributed by atoms with Crippen LogP contribution in [-0.2, 0) is 6.54 Å². The van der Waals surface area contributed by atoms with Crippen molar-refractivity contribution < 1.29 is 14.2 Å². The molecule has 0 spiro atoms. The van der Waals surface area contributed by atoms with Crippen LogP contribution in [0.5, 0.6) is 17.2 Å². The summed E-state index contributed by atoms with van der Waals surface area (Å²) >= 11 is 0. The minimum atomic E-state index is 0.575. The van der Waals surface area contributed by atoms with E-state index in [-0.39, 0.29) is 0 Å². The molecule has 2 rings (SSSR count). The molecule has 0 bridgehead atoms. The Morgan fingerprint density at radius 3 is 2.35 bits per heavy atom. The van der Waals surface area contributed by atoms with Gasteiger partial charge < -0.3 is 24.8 Å². The predicted octanol–water partition coefficient (Wildman–Crippen LogP) is 3.27. The zero-order valence-electron chi connectivity index (χ0n) is 16.4. The van der Waals surface area contributed by atoms with Gasteiger partial charge in [0.15, 0.2) is 17.5 Å². The lowest BCUT2D eigenvalue weighted by Crippen LogP contribution is -2.37. The number of allylic oxidation sites excluding steroid dienone is 1. The number of methoxy groups -OCH3 is 3. The minimum absolute atomic E-state index is 0.575. The normalized spacial score (nSPS) is 14.5. The molecule has 0 aliphatic heterocycles. The average Bonchev–Trinajstić information content (AvgIpc) is 2.70. The average molecular weight is 361 g/mol. The summed E-state index contributed by atoms with van der Waals surface area (Å²) in [5.41, 5.74) is 2.53. The summed E-state index contributed by atoms with van der Waals surface area (Å²) in [6.07, 6.45) is 8.55. The van der Waals surface area contributed by atoms with E-state index in [2.05, 4.69) is 21.7 Å². The van der Waals surface area contributed by atoms with Crippen molar-refractivity contribution in [1.82, 2.24) is 10.6 Å². The molecule has 0 saturated carbocycles. The van der Waals surface area contributed by atoms with E-state index in [9.17, 15) is 0 Å². The molecule has 0 saturated heterocycles. The van der Waals surface area contributed by atoms with Crippen LogP contribution in [0.25, 0.3) is 0 Å². The Kier molecular flexibility index (Phi) is 8.12. The standard InChI is InChI=1S/C20H31N3O3/c1-21-20(22-11-10-15-8-6-5-7-9-15)23-14-16-12-18(25-3)19(26-4)13-17(16)24-2/h8,12-13H,5-7,9-11,14H2,1-4H3,(H2,21,22,23). The molecular formula is C20H31N3O3. The van der Waals surface area contributed by atoms with Gasteiger partial charge in [0.25, 0.3) is 0 Å². The van der Waals surface area contributed by atoms with Gasteiger partial charge in [0.05, 0.1) is 21.3 Å². The molecule has 1 aromatic rings. The first-order valence-electron chi connectivity index (χ1n) is 9.13. The topological polar surface area (TPSA) is 64.1 Å². The second-order valence-corrected chi connectivity index (χ2v) is 6.23. The van der Waals surface area contributed by atoms with Crippen LogP contribution in [0.15, 0.2) is 28.8 Å². The van der Waals surface area contributed by atoms with Crippen LogP contribution in [0, 0.1) is 0 Å². The molecule has 0 heterocycles. The van der Waals surface area contributed by atoms with E-state index in [0.29, 0.717) is 18.0 Å². The number of aliphatic imine (C=N–C) groups is 1. The van der Waals surface area contributed by atoms with Crippen molar-refractivity contribution in [1.29, 1.82) is 0 Å². The Morgan fingerprint density at radius 2 is 1.73 bits per heavy atom. The van der Waals surface area contributed by atoms with Gasteiger partial charge in [-0.3, -0.25) is 4.99 Å². The molecule has 0 amide bonds. The number of rotatable bonds is 8. The van der Waals surface area contributed by atoms with Crippen LogP contribution in [0.3, 0.4) is 0 Å². The van der Waals surface area contributed by atoms with Crippen molar-refractivity contribution in [2.45, 2.75) is 38.6 Å². The highest BCUT2D eigenvalue weighted by Gasteiger charge is 2.12. The van der Waals surface area contributed by atoms with Crippen LogP contribution in [-0.4, -0.2) is 40.9 Å². The maximum atomic E-state index is 5.47. The van der Waals surface area contributed by atoms with E-state index in [0.717, 1.165) is 30.2 Å². The number of nitrogens with zero attached hydrogens (tertiary/aromatic N) is 1. The van der Waals surface area contributed by atoms with E-state index in [1.165, 1.54) is 25.7 Å². The molecule has 1 aliphatic carbocycles. The van der Waals surface area contributed by atoms with Crippen LogP contribution in [0.4, 0.5) is 0 Å². The Hall–Kier alpha value is -2.37. The molecule has 0 unspecified atom stereocenters. The number of nitrogens with one attached hydrogen (secondary N) is 2. The maximum absolute atomic E-state index is 5.47. The minimum Gasteiger partial charge on any atom is -0.496 e. The van der Waals surface area contributed by atoms with E-state index >= 15 is 0 Å². The molecule has 0 aromatic heterocycles. The van der Waals surface area contributed by atoms with Gasteiger partial charge in [-0.15, -0.1) is 0 Å². The van der Waals surface area contributed by atoms with Gasteiger partial charge in [-0.25, -0.2) is 0 Å². The first kappa shape index (κ1) is 19.9. The maximum Gasteiger partial charge on any atom is 0.191 e. The predicted molar refractivity (Wildman–Crippen MR) is 105 cm³/mol. The molecule has 0 fully saturated rings. The number of hydrogen-bond donors (Lipinski definition) is 2. The highest BCUT2D eigenvalue weighted by molar-refractivity contribution is 5.79. The second kappa shape index (κ2) is 10.6. The van der Waals surface area contributed by atoms with Gasteiger partial charge in [-0.05, 0) is 38.2 Å². The van der Waals surface area contributed by atoms with Gasteiger partial charge in [0.1, 0.15) is 5.75 Å². The Morgan fingerprint density at radius 1 is 1.00 bits per heavy atom. The smallest absolute Gasteiger partial charge is 0.191 e. The largest absolute Gasteiger partial charge is 0.496 e. The summed E-state index contributed by atoms with van der Waals surface area (Å²) in [6, 6.07) is 3.76. The molecule has 1 aliphatic rings. The summed E-state index contributed by atoms with van der Waals surface area (Å²) < 4.78 is 16.2. The molecule has 1 aromatic carbocycles. The molecule has 6 heteroatoms. The summed E-state index contributed by atoms with van der Waals surface area (Å²) in [7, 11) is 6.67. The molecule has 26 heavy (non-hydrogen) atoms. The zero-order chi connectivity index (χ0) is 18.8. The van der Waals surface area contributed by atoms with Crippen molar-refractivity contribution >= 4 is 5.96 Å². The van der Waals surface area contributed by atoms with Gasteiger partial charge in [-0.2, -0.15) is 0 Å². The summed E-state index contributed by atoms with van der Waals surface area (Å²) in [5, 5.41) is 6.71. The quantitative estimate of drug-likeness (QED) is 0.423. The summed E-state index contributed by atoms with van der Waals surface area (Å²) in [5.74, 6) is 2.85. The lowest BCUT2D eigenvalue weighted by molar-refractivity contribution is 0.347. The third-order valence-corrected chi connectivity index (χ3v) is 4.58.